The predicted molar refractivity (Wildman–Crippen MR) is 112 cm³/mol. The van der Waals surface area contributed by atoms with Crippen molar-refractivity contribution in [1.82, 2.24) is 10.2 Å². The van der Waals surface area contributed by atoms with E-state index in [4.69, 9.17) is 16.3 Å². The van der Waals surface area contributed by atoms with Crippen LogP contribution in [0, 0.1) is 11.8 Å². The van der Waals surface area contributed by atoms with Crippen LogP contribution in [-0.2, 0) is 11.2 Å². The quantitative estimate of drug-likeness (QED) is 0.835. The van der Waals surface area contributed by atoms with Gasteiger partial charge in [-0.3, -0.25) is 9.59 Å². The van der Waals surface area contributed by atoms with Crippen molar-refractivity contribution in [2.75, 3.05) is 26.2 Å². The van der Waals surface area contributed by atoms with Crippen molar-refractivity contribution in [3.05, 3.63) is 64.7 Å². The number of hydrogen-bond acceptors (Lipinski definition) is 3. The molecule has 2 aromatic rings. The average Bonchev–Trinajstić information content (AvgIpc) is 2.77. The molecular weight excluding hydrogens is 388 g/mol. The van der Waals surface area contributed by atoms with Crippen LogP contribution in [0.25, 0.3) is 0 Å². The number of benzene rings is 2. The van der Waals surface area contributed by atoms with Gasteiger partial charge in [0.05, 0.1) is 12.5 Å². The second kappa shape index (κ2) is 8.87. The number of nitrogens with one attached hydrogen (secondary N) is 1. The maximum absolute atomic E-state index is 12.7. The molecule has 152 valence electrons. The summed E-state index contributed by atoms with van der Waals surface area (Å²) in [6, 6.07) is 14.9. The molecule has 5 nitrogen and oxygen atoms in total. The number of piperidine rings is 1. The molecule has 4 rings (SSSR count). The third-order valence-corrected chi connectivity index (χ3v) is 5.94. The van der Waals surface area contributed by atoms with Crippen LogP contribution in [0.1, 0.15) is 28.8 Å². The van der Waals surface area contributed by atoms with Gasteiger partial charge in [0.2, 0.25) is 5.91 Å². The molecule has 6 heteroatoms. The lowest BCUT2D eigenvalue weighted by Crippen LogP contribution is -2.46. The lowest BCUT2D eigenvalue weighted by molar-refractivity contribution is -0.126. The fraction of sp³-hybridized carbons (Fsp3) is 0.391. The number of halogens is 1. The van der Waals surface area contributed by atoms with Crippen molar-refractivity contribution < 1.29 is 14.3 Å². The predicted octanol–water partition coefficient (Wildman–Crippen LogP) is 3.56. The summed E-state index contributed by atoms with van der Waals surface area (Å²) in [5, 5.41) is 3.69. The Balaban J connectivity index is 1.30. The summed E-state index contributed by atoms with van der Waals surface area (Å²) >= 11 is 5.91. The molecule has 2 amide bonds. The summed E-state index contributed by atoms with van der Waals surface area (Å²) in [6.07, 6.45) is 2.54. The molecule has 0 radical (unpaired) electrons. The second-order valence-corrected chi connectivity index (χ2v) is 8.27. The Bertz CT molecular complexity index is 884. The van der Waals surface area contributed by atoms with Crippen molar-refractivity contribution in [3.63, 3.8) is 0 Å². The van der Waals surface area contributed by atoms with Crippen LogP contribution in [0.3, 0.4) is 0 Å². The fourth-order valence-electron chi connectivity index (χ4n) is 4.06. The van der Waals surface area contributed by atoms with Crippen LogP contribution < -0.4 is 10.1 Å². The van der Waals surface area contributed by atoms with E-state index in [-0.39, 0.29) is 23.7 Å². The second-order valence-electron chi connectivity index (χ2n) is 7.83. The zero-order valence-electron chi connectivity index (χ0n) is 16.3. The van der Waals surface area contributed by atoms with Crippen LogP contribution in [-0.4, -0.2) is 43.0 Å². The van der Waals surface area contributed by atoms with E-state index < -0.39 is 0 Å². The van der Waals surface area contributed by atoms with Crippen molar-refractivity contribution in [2.24, 2.45) is 11.8 Å². The standard InChI is InChI=1S/C23H25ClN2O3/c24-20-9-7-17(8-10-20)23(28)26-11-3-5-19(14-26)22(27)25-13-16-12-18-4-1-2-6-21(18)29-15-16/h1-2,4,6-10,16,19H,3,5,11-15H2,(H,25,27)/t16-,19+/m0/s1. The van der Waals surface area contributed by atoms with E-state index in [0.29, 0.717) is 36.8 Å². The van der Waals surface area contributed by atoms with Crippen molar-refractivity contribution in [1.29, 1.82) is 0 Å². The number of nitrogens with zero attached hydrogens (tertiary/aromatic N) is 1. The van der Waals surface area contributed by atoms with E-state index in [2.05, 4.69) is 11.4 Å². The zero-order valence-corrected chi connectivity index (χ0v) is 17.0. The maximum Gasteiger partial charge on any atom is 0.253 e. The first kappa shape index (κ1) is 19.8. The van der Waals surface area contributed by atoms with Crippen molar-refractivity contribution in [2.45, 2.75) is 19.3 Å². The largest absolute Gasteiger partial charge is 0.493 e. The zero-order chi connectivity index (χ0) is 20.2. The Kier molecular flexibility index (Phi) is 6.05. The van der Waals surface area contributed by atoms with Gasteiger partial charge in [0, 0.05) is 36.1 Å². The average molecular weight is 413 g/mol. The highest BCUT2D eigenvalue weighted by atomic mass is 35.5. The Morgan fingerprint density at radius 1 is 1.14 bits per heavy atom. The van der Waals surface area contributed by atoms with Crippen molar-refractivity contribution >= 4 is 23.4 Å². The molecule has 0 aliphatic carbocycles. The van der Waals surface area contributed by atoms with E-state index in [1.807, 2.05) is 18.2 Å². The van der Waals surface area contributed by atoms with Gasteiger partial charge < -0.3 is 15.0 Å². The Morgan fingerprint density at radius 2 is 1.93 bits per heavy atom. The normalized spacial score (nSPS) is 21.1. The number of hydrogen-bond donors (Lipinski definition) is 1. The van der Waals surface area contributed by atoms with Gasteiger partial charge >= 0.3 is 0 Å². The Morgan fingerprint density at radius 3 is 2.76 bits per heavy atom. The monoisotopic (exact) mass is 412 g/mol. The fourth-order valence-corrected chi connectivity index (χ4v) is 4.19. The molecule has 0 saturated carbocycles. The van der Waals surface area contributed by atoms with Crippen LogP contribution in [0.2, 0.25) is 5.02 Å². The van der Waals surface area contributed by atoms with E-state index >= 15 is 0 Å². The SMILES string of the molecule is O=C(NC[C@H]1COc2ccccc2C1)[C@@H]1CCCN(C(=O)c2ccc(Cl)cc2)C1. The van der Waals surface area contributed by atoms with E-state index in [9.17, 15) is 9.59 Å². The molecule has 0 spiro atoms. The number of likely N-dealkylation sites (tertiary alicyclic amines) is 1. The summed E-state index contributed by atoms with van der Waals surface area (Å²) in [7, 11) is 0. The first-order valence-corrected chi connectivity index (χ1v) is 10.5. The van der Waals surface area contributed by atoms with Crippen LogP contribution in [0.4, 0.5) is 0 Å². The maximum atomic E-state index is 12.7. The van der Waals surface area contributed by atoms with E-state index in [0.717, 1.165) is 25.0 Å². The molecular formula is C23H25ClN2O3. The van der Waals surface area contributed by atoms with Gasteiger partial charge in [-0.05, 0) is 55.2 Å². The summed E-state index contributed by atoms with van der Waals surface area (Å²) in [5.74, 6) is 1.02. The minimum atomic E-state index is -0.170. The summed E-state index contributed by atoms with van der Waals surface area (Å²) in [4.78, 5) is 27.2. The summed E-state index contributed by atoms with van der Waals surface area (Å²) in [5.41, 5.74) is 1.80. The number of carbonyl (C=O) groups is 2. The van der Waals surface area contributed by atoms with Gasteiger partial charge in [0.15, 0.2) is 0 Å². The third-order valence-electron chi connectivity index (χ3n) is 5.69. The smallest absolute Gasteiger partial charge is 0.253 e. The van der Waals surface area contributed by atoms with Gasteiger partial charge in [0.25, 0.3) is 5.91 Å². The molecule has 0 aromatic heterocycles. The van der Waals surface area contributed by atoms with Crippen LogP contribution in [0.15, 0.2) is 48.5 Å². The molecule has 2 aliphatic rings. The molecule has 1 saturated heterocycles. The highest BCUT2D eigenvalue weighted by Crippen LogP contribution is 2.26. The minimum absolute atomic E-state index is 0.0254. The minimum Gasteiger partial charge on any atom is -0.493 e. The number of rotatable bonds is 4. The molecule has 29 heavy (non-hydrogen) atoms. The molecule has 2 aliphatic heterocycles. The van der Waals surface area contributed by atoms with Gasteiger partial charge in [-0.15, -0.1) is 0 Å². The van der Waals surface area contributed by atoms with Crippen LogP contribution >= 0.6 is 11.6 Å². The molecule has 1 N–H and O–H groups in total. The third kappa shape index (κ3) is 4.73. The van der Waals surface area contributed by atoms with Crippen LogP contribution in [0.5, 0.6) is 5.75 Å². The Labute approximate surface area is 176 Å². The molecule has 2 aromatic carbocycles. The topological polar surface area (TPSA) is 58.6 Å². The Hall–Kier alpha value is -2.53. The number of fused-ring (bicyclic) bond motifs is 1. The highest BCUT2D eigenvalue weighted by molar-refractivity contribution is 6.30. The van der Waals surface area contributed by atoms with Gasteiger partial charge in [-0.1, -0.05) is 29.8 Å². The number of para-hydroxylation sites is 1. The van der Waals surface area contributed by atoms with Gasteiger partial charge in [0.1, 0.15) is 5.75 Å². The first-order chi connectivity index (χ1) is 14.1. The molecule has 1 fully saturated rings. The van der Waals surface area contributed by atoms with E-state index in [1.54, 1.807) is 29.2 Å². The molecule has 0 bridgehead atoms. The lowest BCUT2D eigenvalue weighted by atomic mass is 9.94. The van der Waals surface area contributed by atoms with Gasteiger partial charge in [-0.25, -0.2) is 0 Å². The molecule has 2 heterocycles. The lowest BCUT2D eigenvalue weighted by Gasteiger charge is -2.32. The summed E-state index contributed by atoms with van der Waals surface area (Å²) < 4.78 is 5.81. The molecule has 0 unspecified atom stereocenters. The molecule has 2 atom stereocenters. The summed E-state index contributed by atoms with van der Waals surface area (Å²) in [6.45, 7) is 2.34. The first-order valence-electron chi connectivity index (χ1n) is 10.1. The van der Waals surface area contributed by atoms with Crippen molar-refractivity contribution in [3.8, 4) is 5.75 Å². The van der Waals surface area contributed by atoms with Gasteiger partial charge in [-0.2, -0.15) is 0 Å². The number of amides is 2. The van der Waals surface area contributed by atoms with E-state index in [1.165, 1.54) is 5.56 Å². The number of carbonyl (C=O) groups excluding carboxylic acids is 2. The number of ether oxygens (including phenoxy) is 1. The highest BCUT2D eigenvalue weighted by Gasteiger charge is 2.29.